The molecule has 0 aliphatic carbocycles. The van der Waals surface area contributed by atoms with Gasteiger partial charge in [-0.15, -0.1) is 0 Å². The maximum Gasteiger partial charge on any atom is 0.407 e. The van der Waals surface area contributed by atoms with Crippen molar-refractivity contribution in [2.24, 2.45) is 7.05 Å². The molecule has 2 aromatic heterocycles. The minimum atomic E-state index is -0.938. The number of nitrogens with zero attached hydrogens (tertiary/aromatic N) is 6. The molecule has 1 aliphatic heterocycles. The van der Waals surface area contributed by atoms with E-state index in [1.54, 1.807) is 31.0 Å². The fraction of sp³-hybridized carbons (Fsp3) is 0.429. The molecule has 0 radical (unpaired) electrons. The Kier molecular flexibility index (Phi) is 4.18. The van der Waals surface area contributed by atoms with Gasteiger partial charge in [-0.2, -0.15) is 10.1 Å². The number of aryl methyl sites for hydroxylation is 1. The first-order valence-electron chi connectivity index (χ1n) is 7.40. The Hall–Kier alpha value is -2.55. The number of rotatable bonds is 3. The summed E-state index contributed by atoms with van der Waals surface area (Å²) in [5, 5.41) is 13.7. The zero-order chi connectivity index (χ0) is 17.4. The second-order valence-corrected chi connectivity index (χ2v) is 6.08. The molecule has 2 aromatic rings. The summed E-state index contributed by atoms with van der Waals surface area (Å²) in [5.74, 6) is 0.788. The number of carboxylic acid groups (broad SMARTS) is 1. The monoisotopic (exact) mass is 351 g/mol. The quantitative estimate of drug-likeness (QED) is 0.856. The zero-order valence-corrected chi connectivity index (χ0v) is 14.1. The van der Waals surface area contributed by atoms with Gasteiger partial charge in [0.25, 0.3) is 0 Å². The molecule has 0 saturated carbocycles. The highest BCUT2D eigenvalue weighted by Gasteiger charge is 2.29. The lowest BCUT2D eigenvalue weighted by atomic mass is 10.2. The summed E-state index contributed by atoms with van der Waals surface area (Å²) in [4.78, 5) is 22.9. The van der Waals surface area contributed by atoms with Crippen LogP contribution in [0.25, 0.3) is 11.3 Å². The molecular formula is C14H18ClN7O2. The Bertz CT molecular complexity index is 778. The van der Waals surface area contributed by atoms with Crippen LogP contribution >= 0.6 is 11.6 Å². The number of nitrogen functional groups attached to an aromatic ring is 1. The van der Waals surface area contributed by atoms with E-state index in [0.29, 0.717) is 35.3 Å². The van der Waals surface area contributed by atoms with Gasteiger partial charge in [0.15, 0.2) is 0 Å². The number of nitrogens with two attached hydrogens (primary N) is 1. The van der Waals surface area contributed by atoms with Crippen LogP contribution in [0.3, 0.4) is 0 Å². The molecule has 1 aliphatic rings. The summed E-state index contributed by atoms with van der Waals surface area (Å²) in [6.45, 7) is 1.25. The highest BCUT2D eigenvalue weighted by molar-refractivity contribution is 6.32. The van der Waals surface area contributed by atoms with Crippen molar-refractivity contribution in [3.05, 3.63) is 17.4 Å². The minimum absolute atomic E-state index is 0.0795. The normalized spacial score (nSPS) is 17.3. The van der Waals surface area contributed by atoms with Gasteiger partial charge in [0.05, 0.1) is 23.5 Å². The van der Waals surface area contributed by atoms with E-state index in [0.717, 1.165) is 6.42 Å². The number of anilines is 2. The van der Waals surface area contributed by atoms with E-state index in [9.17, 15) is 4.79 Å². The van der Waals surface area contributed by atoms with Gasteiger partial charge < -0.3 is 20.6 Å². The molecule has 3 N–H and O–H groups in total. The lowest BCUT2D eigenvalue weighted by Gasteiger charge is -2.22. The number of hydrogen-bond donors (Lipinski definition) is 2. The number of aromatic nitrogens is 4. The fourth-order valence-electron chi connectivity index (χ4n) is 2.77. The van der Waals surface area contributed by atoms with Crippen molar-refractivity contribution in [3.63, 3.8) is 0 Å². The SMILES string of the molecule is CN(C(=O)O)C1CCN(c2cc(-c3cnn(C)c3Cl)nc(N)n2)C1. The van der Waals surface area contributed by atoms with E-state index in [2.05, 4.69) is 15.1 Å². The number of carbonyl (C=O) groups is 1. The van der Waals surface area contributed by atoms with Crippen molar-refractivity contribution in [1.82, 2.24) is 24.6 Å². The van der Waals surface area contributed by atoms with Crippen LogP contribution in [0.15, 0.2) is 12.3 Å². The number of halogens is 1. The number of amides is 1. The summed E-state index contributed by atoms with van der Waals surface area (Å²) in [6, 6.07) is 1.71. The summed E-state index contributed by atoms with van der Waals surface area (Å²) >= 11 is 6.22. The van der Waals surface area contributed by atoms with Gasteiger partial charge in [-0.05, 0) is 6.42 Å². The van der Waals surface area contributed by atoms with Crippen molar-refractivity contribution < 1.29 is 9.90 Å². The van der Waals surface area contributed by atoms with Gasteiger partial charge in [0.1, 0.15) is 11.0 Å². The molecule has 3 rings (SSSR count). The molecule has 0 bridgehead atoms. The van der Waals surface area contributed by atoms with E-state index >= 15 is 0 Å². The third kappa shape index (κ3) is 2.94. The van der Waals surface area contributed by atoms with Gasteiger partial charge in [-0.1, -0.05) is 11.6 Å². The van der Waals surface area contributed by atoms with Gasteiger partial charge in [-0.3, -0.25) is 4.68 Å². The minimum Gasteiger partial charge on any atom is -0.465 e. The summed E-state index contributed by atoms with van der Waals surface area (Å²) in [7, 11) is 3.32. The average Bonchev–Trinajstić information content (AvgIpc) is 3.14. The molecule has 1 atom stereocenters. The topological polar surface area (TPSA) is 113 Å². The second-order valence-electron chi connectivity index (χ2n) is 5.72. The average molecular weight is 352 g/mol. The lowest BCUT2D eigenvalue weighted by Crippen LogP contribution is -2.38. The molecule has 3 heterocycles. The summed E-state index contributed by atoms with van der Waals surface area (Å²) < 4.78 is 1.54. The molecule has 24 heavy (non-hydrogen) atoms. The number of hydrogen-bond acceptors (Lipinski definition) is 6. The standard InChI is InChI=1S/C14H18ClN7O2/c1-20(14(23)24)8-3-4-22(7-8)11-5-10(18-13(16)19-11)9-6-17-21(2)12(9)15/h5-6,8H,3-4,7H2,1-2H3,(H,23,24)(H2,16,18,19). The predicted octanol–water partition coefficient (Wildman–Crippen LogP) is 1.30. The van der Waals surface area contributed by atoms with Crippen molar-refractivity contribution >= 4 is 29.5 Å². The Morgan fingerprint density at radius 3 is 2.88 bits per heavy atom. The van der Waals surface area contributed by atoms with Crippen LogP contribution in [0.4, 0.5) is 16.6 Å². The first-order valence-corrected chi connectivity index (χ1v) is 7.77. The third-order valence-corrected chi connectivity index (χ3v) is 4.66. The molecule has 10 heteroatoms. The molecule has 128 valence electrons. The fourth-order valence-corrected chi connectivity index (χ4v) is 2.96. The first-order chi connectivity index (χ1) is 11.4. The third-order valence-electron chi connectivity index (χ3n) is 4.21. The summed E-state index contributed by atoms with van der Waals surface area (Å²) in [6.07, 6.45) is 1.42. The molecule has 0 spiro atoms. The van der Waals surface area contributed by atoms with Gasteiger partial charge >= 0.3 is 6.09 Å². The van der Waals surface area contributed by atoms with E-state index < -0.39 is 6.09 Å². The van der Waals surface area contributed by atoms with Crippen molar-refractivity contribution in [2.45, 2.75) is 12.5 Å². The lowest BCUT2D eigenvalue weighted by molar-refractivity contribution is 0.142. The Balaban J connectivity index is 1.88. The highest BCUT2D eigenvalue weighted by Crippen LogP contribution is 2.30. The molecule has 1 unspecified atom stereocenters. The molecule has 9 nitrogen and oxygen atoms in total. The predicted molar refractivity (Wildman–Crippen MR) is 90.1 cm³/mol. The van der Waals surface area contributed by atoms with Gasteiger partial charge in [-0.25, -0.2) is 9.78 Å². The van der Waals surface area contributed by atoms with Gasteiger partial charge in [0, 0.05) is 33.3 Å². The molecule has 1 fully saturated rings. The maximum absolute atomic E-state index is 11.1. The number of likely N-dealkylation sites (N-methyl/N-ethyl adjacent to an activating group) is 1. The second kappa shape index (κ2) is 6.16. The van der Waals surface area contributed by atoms with E-state index in [1.165, 1.54) is 4.90 Å². The smallest absolute Gasteiger partial charge is 0.407 e. The molecular weight excluding hydrogens is 334 g/mol. The van der Waals surface area contributed by atoms with Crippen LogP contribution in [-0.4, -0.2) is 62.0 Å². The zero-order valence-electron chi connectivity index (χ0n) is 13.3. The Morgan fingerprint density at radius 1 is 1.50 bits per heavy atom. The molecule has 0 aromatic carbocycles. The van der Waals surface area contributed by atoms with Crippen LogP contribution in [-0.2, 0) is 7.05 Å². The highest BCUT2D eigenvalue weighted by atomic mass is 35.5. The van der Waals surface area contributed by atoms with Crippen molar-refractivity contribution in [2.75, 3.05) is 30.8 Å². The van der Waals surface area contributed by atoms with Crippen molar-refractivity contribution in [3.8, 4) is 11.3 Å². The largest absolute Gasteiger partial charge is 0.465 e. The summed E-state index contributed by atoms with van der Waals surface area (Å²) in [5.41, 5.74) is 7.10. The van der Waals surface area contributed by atoms with E-state index in [-0.39, 0.29) is 12.0 Å². The van der Waals surface area contributed by atoms with Crippen LogP contribution < -0.4 is 10.6 Å². The Morgan fingerprint density at radius 2 is 2.25 bits per heavy atom. The van der Waals surface area contributed by atoms with E-state index in [4.69, 9.17) is 22.4 Å². The van der Waals surface area contributed by atoms with Crippen LogP contribution in [0.1, 0.15) is 6.42 Å². The van der Waals surface area contributed by atoms with Crippen molar-refractivity contribution in [1.29, 1.82) is 0 Å². The van der Waals surface area contributed by atoms with Crippen LogP contribution in [0.2, 0.25) is 5.15 Å². The maximum atomic E-state index is 11.1. The van der Waals surface area contributed by atoms with Crippen LogP contribution in [0.5, 0.6) is 0 Å². The Labute approximate surface area is 143 Å². The first kappa shape index (κ1) is 16.3. The van der Waals surface area contributed by atoms with Gasteiger partial charge in [0.2, 0.25) is 5.95 Å². The molecule has 1 amide bonds. The molecule has 1 saturated heterocycles. The van der Waals surface area contributed by atoms with E-state index in [1.807, 2.05) is 4.90 Å². The van der Waals surface area contributed by atoms with Crippen LogP contribution in [0, 0.1) is 0 Å².